The van der Waals surface area contributed by atoms with Crippen LogP contribution >= 0.6 is 0 Å². The van der Waals surface area contributed by atoms with Gasteiger partial charge in [-0.2, -0.15) is 0 Å². The van der Waals surface area contributed by atoms with Crippen molar-refractivity contribution in [2.75, 3.05) is 25.0 Å². The summed E-state index contributed by atoms with van der Waals surface area (Å²) in [6.07, 6.45) is 0. The summed E-state index contributed by atoms with van der Waals surface area (Å²) >= 11 is 0. The number of nitrogens with one attached hydrogen (secondary N) is 1. The SMILES string of the molecule is CCN(CC)Cc1cccc(NC(C)CN)c1. The van der Waals surface area contributed by atoms with Gasteiger partial charge in [0.05, 0.1) is 0 Å². The molecule has 0 spiro atoms. The lowest BCUT2D eigenvalue weighted by atomic mass is 10.1. The summed E-state index contributed by atoms with van der Waals surface area (Å²) in [5.41, 5.74) is 8.12. The third-order valence-corrected chi connectivity index (χ3v) is 2.99. The third-order valence-electron chi connectivity index (χ3n) is 2.99. The first-order chi connectivity index (χ1) is 8.19. The Morgan fingerprint density at radius 2 is 2.00 bits per heavy atom. The van der Waals surface area contributed by atoms with Crippen LogP contribution < -0.4 is 11.1 Å². The van der Waals surface area contributed by atoms with E-state index < -0.39 is 0 Å². The molecule has 1 atom stereocenters. The standard InChI is InChI=1S/C14H25N3/c1-4-17(5-2)11-13-7-6-8-14(9-13)16-12(3)10-15/h6-9,12,16H,4-5,10-11,15H2,1-3H3. The molecule has 17 heavy (non-hydrogen) atoms. The average molecular weight is 235 g/mol. The maximum atomic E-state index is 5.61. The molecular formula is C14H25N3. The summed E-state index contributed by atoms with van der Waals surface area (Å²) in [4.78, 5) is 2.41. The van der Waals surface area contributed by atoms with Crippen LogP contribution in [0.3, 0.4) is 0 Å². The second-order valence-electron chi connectivity index (χ2n) is 4.44. The van der Waals surface area contributed by atoms with Crippen molar-refractivity contribution in [1.29, 1.82) is 0 Å². The summed E-state index contributed by atoms with van der Waals surface area (Å²) < 4.78 is 0. The fraction of sp³-hybridized carbons (Fsp3) is 0.571. The van der Waals surface area contributed by atoms with Gasteiger partial charge in [0.15, 0.2) is 0 Å². The minimum Gasteiger partial charge on any atom is -0.381 e. The molecule has 0 saturated heterocycles. The van der Waals surface area contributed by atoms with Crippen LogP contribution in [-0.2, 0) is 6.54 Å². The number of nitrogens with zero attached hydrogens (tertiary/aromatic N) is 1. The molecule has 1 rings (SSSR count). The van der Waals surface area contributed by atoms with E-state index in [4.69, 9.17) is 5.73 Å². The van der Waals surface area contributed by atoms with Crippen LogP contribution in [0.5, 0.6) is 0 Å². The molecule has 96 valence electrons. The molecule has 0 aliphatic rings. The molecule has 1 aromatic rings. The fourth-order valence-electron chi connectivity index (χ4n) is 1.81. The molecule has 0 bridgehead atoms. The van der Waals surface area contributed by atoms with Crippen LogP contribution in [0.15, 0.2) is 24.3 Å². The molecule has 1 unspecified atom stereocenters. The van der Waals surface area contributed by atoms with Gasteiger partial charge in [-0.25, -0.2) is 0 Å². The quantitative estimate of drug-likeness (QED) is 0.762. The van der Waals surface area contributed by atoms with Gasteiger partial charge >= 0.3 is 0 Å². The summed E-state index contributed by atoms with van der Waals surface area (Å²) in [7, 11) is 0. The molecule has 0 saturated carbocycles. The second kappa shape index (κ2) is 7.30. The van der Waals surface area contributed by atoms with Gasteiger partial charge in [0.1, 0.15) is 0 Å². The number of benzene rings is 1. The van der Waals surface area contributed by atoms with Gasteiger partial charge in [0.25, 0.3) is 0 Å². The van der Waals surface area contributed by atoms with E-state index in [0.717, 1.165) is 25.3 Å². The summed E-state index contributed by atoms with van der Waals surface area (Å²) in [5.74, 6) is 0. The zero-order valence-electron chi connectivity index (χ0n) is 11.2. The first kappa shape index (κ1) is 14.0. The van der Waals surface area contributed by atoms with E-state index in [-0.39, 0.29) is 0 Å². The highest BCUT2D eigenvalue weighted by atomic mass is 15.1. The molecule has 1 aromatic carbocycles. The van der Waals surface area contributed by atoms with Crippen LogP contribution in [0, 0.1) is 0 Å². The van der Waals surface area contributed by atoms with Crippen LogP contribution in [0.4, 0.5) is 5.69 Å². The summed E-state index contributed by atoms with van der Waals surface area (Å²) in [6, 6.07) is 8.90. The topological polar surface area (TPSA) is 41.3 Å². The number of rotatable bonds is 7. The minimum atomic E-state index is 0.318. The zero-order chi connectivity index (χ0) is 12.7. The molecule has 0 aliphatic carbocycles. The van der Waals surface area contributed by atoms with E-state index in [1.54, 1.807) is 0 Å². The average Bonchev–Trinajstić information content (AvgIpc) is 2.36. The highest BCUT2D eigenvalue weighted by Gasteiger charge is 2.03. The lowest BCUT2D eigenvalue weighted by Crippen LogP contribution is -2.25. The van der Waals surface area contributed by atoms with Crippen LogP contribution in [0.1, 0.15) is 26.3 Å². The Kier molecular flexibility index (Phi) is 6.01. The molecule has 3 nitrogen and oxygen atoms in total. The molecular weight excluding hydrogens is 210 g/mol. The maximum absolute atomic E-state index is 5.61. The molecule has 3 heteroatoms. The van der Waals surface area contributed by atoms with Crippen LogP contribution in [0.25, 0.3) is 0 Å². The summed E-state index contributed by atoms with van der Waals surface area (Å²) in [6.45, 7) is 10.3. The Morgan fingerprint density at radius 3 is 2.59 bits per heavy atom. The predicted molar refractivity (Wildman–Crippen MR) is 75.2 cm³/mol. The molecule has 3 N–H and O–H groups in total. The smallest absolute Gasteiger partial charge is 0.0355 e. The van der Waals surface area contributed by atoms with Crippen molar-refractivity contribution in [3.8, 4) is 0 Å². The van der Waals surface area contributed by atoms with Crippen LogP contribution in [0.2, 0.25) is 0 Å². The highest BCUT2D eigenvalue weighted by molar-refractivity contribution is 5.46. The van der Waals surface area contributed by atoms with Crippen molar-refractivity contribution in [3.63, 3.8) is 0 Å². The summed E-state index contributed by atoms with van der Waals surface area (Å²) in [5, 5.41) is 3.40. The molecule has 0 radical (unpaired) electrons. The molecule has 0 fully saturated rings. The first-order valence-corrected chi connectivity index (χ1v) is 6.47. The predicted octanol–water partition coefficient (Wildman–Crippen LogP) is 2.29. The molecule has 0 amide bonds. The van der Waals surface area contributed by atoms with Crippen molar-refractivity contribution >= 4 is 5.69 Å². The third kappa shape index (κ3) is 4.75. The Hall–Kier alpha value is -1.06. The van der Waals surface area contributed by atoms with Gasteiger partial charge in [0, 0.05) is 24.8 Å². The van der Waals surface area contributed by atoms with Gasteiger partial charge in [-0.05, 0) is 37.7 Å². The van der Waals surface area contributed by atoms with Gasteiger partial charge in [0.2, 0.25) is 0 Å². The van der Waals surface area contributed by atoms with Gasteiger partial charge in [-0.15, -0.1) is 0 Å². The fourth-order valence-corrected chi connectivity index (χ4v) is 1.81. The Bertz CT molecular complexity index is 321. The lowest BCUT2D eigenvalue weighted by Gasteiger charge is -2.19. The van der Waals surface area contributed by atoms with E-state index in [1.807, 2.05) is 0 Å². The van der Waals surface area contributed by atoms with E-state index in [0.29, 0.717) is 12.6 Å². The Balaban J connectivity index is 2.65. The van der Waals surface area contributed by atoms with Crippen molar-refractivity contribution in [2.24, 2.45) is 5.73 Å². The van der Waals surface area contributed by atoms with Gasteiger partial charge in [-0.3, -0.25) is 4.90 Å². The number of hydrogen-bond donors (Lipinski definition) is 2. The zero-order valence-corrected chi connectivity index (χ0v) is 11.2. The van der Waals surface area contributed by atoms with Crippen molar-refractivity contribution < 1.29 is 0 Å². The van der Waals surface area contributed by atoms with E-state index in [2.05, 4.69) is 55.3 Å². The molecule has 0 aromatic heterocycles. The number of nitrogens with two attached hydrogens (primary N) is 1. The first-order valence-electron chi connectivity index (χ1n) is 6.47. The van der Waals surface area contributed by atoms with Crippen LogP contribution in [-0.4, -0.2) is 30.6 Å². The van der Waals surface area contributed by atoms with Crippen molar-refractivity contribution in [3.05, 3.63) is 29.8 Å². The van der Waals surface area contributed by atoms with Crippen molar-refractivity contribution in [2.45, 2.75) is 33.4 Å². The largest absolute Gasteiger partial charge is 0.381 e. The Morgan fingerprint density at radius 1 is 1.29 bits per heavy atom. The number of anilines is 1. The van der Waals surface area contributed by atoms with Gasteiger partial charge < -0.3 is 11.1 Å². The maximum Gasteiger partial charge on any atom is 0.0355 e. The van der Waals surface area contributed by atoms with Crippen molar-refractivity contribution in [1.82, 2.24) is 4.90 Å². The minimum absolute atomic E-state index is 0.318. The second-order valence-corrected chi connectivity index (χ2v) is 4.44. The lowest BCUT2D eigenvalue weighted by molar-refractivity contribution is 0.296. The molecule has 0 aliphatic heterocycles. The van der Waals surface area contributed by atoms with E-state index in [9.17, 15) is 0 Å². The van der Waals surface area contributed by atoms with E-state index >= 15 is 0 Å². The Labute approximate surface area is 105 Å². The highest BCUT2D eigenvalue weighted by Crippen LogP contribution is 2.13. The molecule has 0 heterocycles. The number of hydrogen-bond acceptors (Lipinski definition) is 3. The monoisotopic (exact) mass is 235 g/mol. The van der Waals surface area contributed by atoms with Gasteiger partial charge in [-0.1, -0.05) is 26.0 Å². The normalized spacial score (nSPS) is 12.8. The van der Waals surface area contributed by atoms with E-state index in [1.165, 1.54) is 5.56 Å².